The van der Waals surface area contributed by atoms with Crippen LogP contribution in [0.2, 0.25) is 0 Å². The first-order chi connectivity index (χ1) is 7.41. The zero-order valence-electron chi connectivity index (χ0n) is 9.05. The Labute approximate surface area is 117 Å². The van der Waals surface area contributed by atoms with Crippen LogP contribution in [0.15, 0.2) is 0 Å². The van der Waals surface area contributed by atoms with Crippen molar-refractivity contribution in [2.45, 2.75) is 12.8 Å². The topological polar surface area (TPSA) is 0 Å². The summed E-state index contributed by atoms with van der Waals surface area (Å²) in [6, 6.07) is 0. The number of rotatable bonds is 12. The summed E-state index contributed by atoms with van der Waals surface area (Å²) in [5.74, 6) is 9.14. The van der Waals surface area contributed by atoms with Crippen LogP contribution in [0.5, 0.6) is 0 Å². The van der Waals surface area contributed by atoms with E-state index >= 15 is 0 Å². The molecule has 0 radical (unpaired) electrons. The molecule has 0 aromatic rings. The Bertz CT molecular complexity index is 103. The van der Waals surface area contributed by atoms with Crippen LogP contribution in [-0.4, -0.2) is 46.3 Å². The molecule has 0 rings (SSSR count). The van der Waals surface area contributed by atoms with Gasteiger partial charge in [-0.25, -0.2) is 0 Å². The maximum absolute atomic E-state index is 5.59. The molecule has 0 fully saturated rings. The summed E-state index contributed by atoms with van der Waals surface area (Å²) in [7, 11) is 0. The van der Waals surface area contributed by atoms with Crippen molar-refractivity contribution in [3.63, 3.8) is 0 Å². The lowest BCUT2D eigenvalue weighted by molar-refractivity contribution is 1.11. The van der Waals surface area contributed by atoms with Crippen molar-refractivity contribution >= 4 is 58.5 Å². The van der Waals surface area contributed by atoms with Crippen molar-refractivity contribution in [1.29, 1.82) is 0 Å². The second-order valence-corrected chi connectivity index (χ2v) is 7.35. The van der Waals surface area contributed by atoms with Crippen LogP contribution in [0.25, 0.3) is 0 Å². The van der Waals surface area contributed by atoms with Crippen LogP contribution >= 0.6 is 58.5 Å². The first-order valence-corrected chi connectivity index (χ1v) is 9.80. The Morgan fingerprint density at radius 1 is 0.533 bits per heavy atom. The van der Waals surface area contributed by atoms with Crippen molar-refractivity contribution in [3.8, 4) is 0 Å². The third-order valence-corrected chi connectivity index (χ3v) is 5.77. The first kappa shape index (κ1) is 16.6. The third-order valence-electron chi connectivity index (χ3n) is 1.59. The van der Waals surface area contributed by atoms with Crippen molar-refractivity contribution in [1.82, 2.24) is 0 Å². The Kier molecular flexibility index (Phi) is 17.3. The van der Waals surface area contributed by atoms with Gasteiger partial charge in [-0.05, 0) is 24.3 Å². The predicted molar refractivity (Wildman–Crippen MR) is 82.6 cm³/mol. The molecule has 0 aliphatic rings. The minimum absolute atomic E-state index is 0.803. The fourth-order valence-electron chi connectivity index (χ4n) is 0.855. The maximum atomic E-state index is 5.59. The Morgan fingerprint density at radius 3 is 1.20 bits per heavy atom. The van der Waals surface area contributed by atoms with E-state index in [1.165, 1.54) is 34.5 Å². The average molecular weight is 307 g/mol. The monoisotopic (exact) mass is 306 g/mol. The van der Waals surface area contributed by atoms with Crippen LogP contribution in [0, 0.1) is 0 Å². The van der Waals surface area contributed by atoms with E-state index in [2.05, 4.69) is 11.8 Å². The molecule has 0 amide bonds. The van der Waals surface area contributed by atoms with Crippen LogP contribution in [0.4, 0.5) is 0 Å². The summed E-state index contributed by atoms with van der Waals surface area (Å²) in [5, 5.41) is 0. The zero-order chi connectivity index (χ0) is 11.2. The number of halogens is 2. The van der Waals surface area contributed by atoms with Crippen molar-refractivity contribution in [2.75, 3.05) is 46.3 Å². The van der Waals surface area contributed by atoms with E-state index in [1.807, 2.05) is 23.5 Å². The fraction of sp³-hybridized carbons (Fsp3) is 1.00. The Balaban J connectivity index is 2.81. The number of alkyl halides is 2. The summed E-state index contributed by atoms with van der Waals surface area (Å²) in [6.45, 7) is 0. The molecule has 0 aromatic carbocycles. The van der Waals surface area contributed by atoms with Gasteiger partial charge >= 0.3 is 0 Å². The standard InChI is InChI=1S/C10H20Cl2S3/c11-3-1-5-13-7-9-15-10-8-14-6-2-4-12/h1-10H2. The molecule has 0 spiro atoms. The van der Waals surface area contributed by atoms with E-state index in [9.17, 15) is 0 Å². The molecule has 5 heteroatoms. The number of hydrogen-bond donors (Lipinski definition) is 0. The fourth-order valence-corrected chi connectivity index (χ4v) is 4.63. The van der Waals surface area contributed by atoms with Gasteiger partial charge in [-0.3, -0.25) is 0 Å². The summed E-state index contributed by atoms with van der Waals surface area (Å²) < 4.78 is 0. The summed E-state index contributed by atoms with van der Waals surface area (Å²) >= 11 is 17.3. The molecular formula is C10H20Cl2S3. The SMILES string of the molecule is ClCCCSCCSCCSCCCCl. The largest absolute Gasteiger partial charge is 0.161 e. The Hall–Kier alpha value is 1.63. The van der Waals surface area contributed by atoms with Crippen LogP contribution in [-0.2, 0) is 0 Å². The molecule has 15 heavy (non-hydrogen) atoms. The summed E-state index contributed by atoms with van der Waals surface area (Å²) in [6.07, 6.45) is 2.29. The van der Waals surface area contributed by atoms with E-state index in [0.29, 0.717) is 0 Å². The molecule has 0 saturated heterocycles. The van der Waals surface area contributed by atoms with Gasteiger partial charge < -0.3 is 0 Å². The minimum Gasteiger partial charge on any atom is -0.161 e. The molecule has 0 aliphatic carbocycles. The van der Waals surface area contributed by atoms with Gasteiger partial charge in [-0.1, -0.05) is 0 Å². The highest BCUT2D eigenvalue weighted by Crippen LogP contribution is 2.11. The van der Waals surface area contributed by atoms with Gasteiger partial charge in [0.2, 0.25) is 0 Å². The van der Waals surface area contributed by atoms with E-state index in [0.717, 1.165) is 24.6 Å². The third kappa shape index (κ3) is 15.6. The lowest BCUT2D eigenvalue weighted by Crippen LogP contribution is -1.92. The average Bonchev–Trinajstić information content (AvgIpc) is 2.26. The smallest absolute Gasteiger partial charge is 0.0231 e. The highest BCUT2D eigenvalue weighted by Gasteiger charge is 1.92. The van der Waals surface area contributed by atoms with Gasteiger partial charge in [-0.2, -0.15) is 35.3 Å². The molecule has 92 valence electrons. The normalized spacial score (nSPS) is 10.8. The molecule has 0 unspecified atom stereocenters. The predicted octanol–water partition coefficient (Wildman–Crippen LogP) is 4.44. The molecule has 0 saturated carbocycles. The molecule has 0 atom stereocenters. The number of hydrogen-bond acceptors (Lipinski definition) is 3. The van der Waals surface area contributed by atoms with E-state index in [-0.39, 0.29) is 0 Å². The lowest BCUT2D eigenvalue weighted by atomic mass is 10.6. The summed E-state index contributed by atoms with van der Waals surface area (Å²) in [5.41, 5.74) is 0. The molecule has 0 heterocycles. The van der Waals surface area contributed by atoms with Crippen LogP contribution in [0.3, 0.4) is 0 Å². The second-order valence-electron chi connectivity index (χ2n) is 2.92. The minimum atomic E-state index is 0.803. The molecule has 0 bridgehead atoms. The van der Waals surface area contributed by atoms with Gasteiger partial charge in [0.15, 0.2) is 0 Å². The van der Waals surface area contributed by atoms with Crippen LogP contribution < -0.4 is 0 Å². The first-order valence-electron chi connectivity index (χ1n) is 5.27. The second kappa shape index (κ2) is 15.6. The maximum Gasteiger partial charge on any atom is 0.0231 e. The van der Waals surface area contributed by atoms with E-state index < -0.39 is 0 Å². The van der Waals surface area contributed by atoms with Crippen molar-refractivity contribution in [2.24, 2.45) is 0 Å². The van der Waals surface area contributed by atoms with E-state index in [4.69, 9.17) is 23.2 Å². The van der Waals surface area contributed by atoms with Gasteiger partial charge in [0.1, 0.15) is 0 Å². The van der Waals surface area contributed by atoms with Crippen molar-refractivity contribution in [3.05, 3.63) is 0 Å². The zero-order valence-corrected chi connectivity index (χ0v) is 13.0. The van der Waals surface area contributed by atoms with Gasteiger partial charge in [0, 0.05) is 34.8 Å². The molecular weight excluding hydrogens is 287 g/mol. The van der Waals surface area contributed by atoms with Gasteiger partial charge in [0.25, 0.3) is 0 Å². The van der Waals surface area contributed by atoms with Gasteiger partial charge in [-0.15, -0.1) is 23.2 Å². The molecule has 0 aromatic heterocycles. The number of thioether (sulfide) groups is 3. The molecule has 0 N–H and O–H groups in total. The van der Waals surface area contributed by atoms with Crippen LogP contribution in [0.1, 0.15) is 12.8 Å². The molecule has 0 aliphatic heterocycles. The highest BCUT2D eigenvalue weighted by molar-refractivity contribution is 8.04. The highest BCUT2D eigenvalue weighted by atomic mass is 35.5. The quantitative estimate of drug-likeness (QED) is 0.386. The van der Waals surface area contributed by atoms with Crippen molar-refractivity contribution < 1.29 is 0 Å². The van der Waals surface area contributed by atoms with E-state index in [1.54, 1.807) is 0 Å². The Morgan fingerprint density at radius 2 is 0.867 bits per heavy atom. The molecule has 0 nitrogen and oxygen atoms in total. The van der Waals surface area contributed by atoms with Gasteiger partial charge in [0.05, 0.1) is 0 Å². The summed E-state index contributed by atoms with van der Waals surface area (Å²) in [4.78, 5) is 0. The lowest BCUT2D eigenvalue weighted by Gasteiger charge is -2.01.